The minimum Gasteiger partial charge on any atom is -0.462 e. The number of carbonyl (C=O) groups excluding carboxylic acids is 2. The highest BCUT2D eigenvalue weighted by Crippen LogP contribution is 2.67. The molecule has 0 aromatic rings. The summed E-state index contributed by atoms with van der Waals surface area (Å²) in [4.78, 5) is 24.2. The van der Waals surface area contributed by atoms with Gasteiger partial charge in [0.25, 0.3) is 0 Å². The molecule has 4 rings (SSSR count). The van der Waals surface area contributed by atoms with Gasteiger partial charge in [-0.3, -0.25) is 9.59 Å². The molecule has 0 heterocycles. The van der Waals surface area contributed by atoms with Crippen molar-refractivity contribution in [3.63, 3.8) is 0 Å². The van der Waals surface area contributed by atoms with E-state index in [1.807, 2.05) is 0 Å². The van der Waals surface area contributed by atoms with Gasteiger partial charge in [-0.25, -0.2) is 0 Å². The third kappa shape index (κ3) is 2.89. The zero-order valence-electron chi connectivity index (χ0n) is 17.4. The Balaban J connectivity index is 1.71. The number of rotatable bonds is 2. The van der Waals surface area contributed by atoms with E-state index >= 15 is 0 Å². The summed E-state index contributed by atoms with van der Waals surface area (Å²) in [6, 6.07) is 0. The van der Waals surface area contributed by atoms with E-state index in [0.717, 1.165) is 51.4 Å². The number of esters is 1. The zero-order chi connectivity index (χ0) is 19.6. The Labute approximate surface area is 163 Å². The van der Waals surface area contributed by atoms with Gasteiger partial charge >= 0.3 is 5.97 Å². The van der Waals surface area contributed by atoms with Crippen molar-refractivity contribution in [2.24, 2.45) is 40.4 Å². The molecular formula is C23H36O4. The van der Waals surface area contributed by atoms with Gasteiger partial charge in [0.1, 0.15) is 11.9 Å². The smallest absolute Gasteiger partial charge is 0.302 e. The number of ether oxygens (including phenoxy) is 1. The topological polar surface area (TPSA) is 63.6 Å². The second kappa shape index (κ2) is 6.57. The maximum Gasteiger partial charge on any atom is 0.302 e. The fraction of sp³-hybridized carbons (Fsp3) is 0.913. The first-order valence-electron chi connectivity index (χ1n) is 11.0. The Morgan fingerprint density at radius 2 is 1.59 bits per heavy atom. The van der Waals surface area contributed by atoms with E-state index in [-0.39, 0.29) is 34.9 Å². The number of hydrogen-bond acceptors (Lipinski definition) is 4. The molecule has 4 nitrogen and oxygen atoms in total. The average Bonchev–Trinajstić information content (AvgIpc) is 2.93. The highest BCUT2D eigenvalue weighted by Gasteiger charge is 2.63. The van der Waals surface area contributed by atoms with Crippen LogP contribution < -0.4 is 0 Å². The molecule has 0 bridgehead atoms. The molecule has 0 radical (unpaired) electrons. The molecule has 0 spiro atoms. The fourth-order valence-corrected chi connectivity index (χ4v) is 8.18. The van der Waals surface area contributed by atoms with E-state index in [1.165, 1.54) is 6.92 Å². The van der Waals surface area contributed by atoms with Crippen LogP contribution in [-0.2, 0) is 14.3 Å². The molecule has 4 heteroatoms. The second-order valence-corrected chi connectivity index (χ2v) is 10.6. The molecule has 0 aromatic carbocycles. The van der Waals surface area contributed by atoms with E-state index in [2.05, 4.69) is 13.8 Å². The summed E-state index contributed by atoms with van der Waals surface area (Å²) in [5, 5.41) is 10.3. The quantitative estimate of drug-likeness (QED) is 0.736. The lowest BCUT2D eigenvalue weighted by molar-refractivity contribution is -0.193. The lowest BCUT2D eigenvalue weighted by Crippen LogP contribution is -2.59. The summed E-state index contributed by atoms with van der Waals surface area (Å²) in [6.45, 7) is 8.05. The first-order chi connectivity index (χ1) is 12.7. The summed E-state index contributed by atoms with van der Waals surface area (Å²) in [6.07, 6.45) is 7.75. The Morgan fingerprint density at radius 1 is 0.926 bits per heavy atom. The lowest BCUT2D eigenvalue weighted by atomic mass is 9.44. The number of aliphatic hydroxyl groups is 1. The van der Waals surface area contributed by atoms with Crippen molar-refractivity contribution >= 4 is 11.8 Å². The fourth-order valence-electron chi connectivity index (χ4n) is 8.18. The van der Waals surface area contributed by atoms with Crippen LogP contribution in [0.4, 0.5) is 0 Å². The van der Waals surface area contributed by atoms with Crippen LogP contribution in [0.3, 0.4) is 0 Å². The first kappa shape index (κ1) is 19.4. The maximum absolute atomic E-state index is 12.3. The van der Waals surface area contributed by atoms with Crippen LogP contribution in [0.2, 0.25) is 0 Å². The first-order valence-corrected chi connectivity index (χ1v) is 11.0. The number of Topliss-reactive ketones (excluding diaryl/α,β-unsaturated/α-hetero) is 1. The molecule has 4 aliphatic carbocycles. The SMILES string of the molecule is CC(=O)O[C@@H]1C[C@H]2C[C@H](O)CC[C@]2(C)C2CC[C@]3(C)C(C(C)=O)CCC3C21. The minimum atomic E-state index is -0.208. The van der Waals surface area contributed by atoms with Crippen molar-refractivity contribution in [2.75, 3.05) is 0 Å². The van der Waals surface area contributed by atoms with Crippen molar-refractivity contribution in [2.45, 2.75) is 91.3 Å². The molecule has 4 fully saturated rings. The molecule has 0 amide bonds. The van der Waals surface area contributed by atoms with Gasteiger partial charge in [0.15, 0.2) is 0 Å². The van der Waals surface area contributed by atoms with Crippen LogP contribution in [0.15, 0.2) is 0 Å². The van der Waals surface area contributed by atoms with Crippen molar-refractivity contribution < 1.29 is 19.4 Å². The number of aliphatic hydroxyl groups excluding tert-OH is 1. The van der Waals surface area contributed by atoms with Crippen molar-refractivity contribution in [1.82, 2.24) is 0 Å². The molecule has 4 saturated carbocycles. The summed E-state index contributed by atoms with van der Waals surface area (Å²) in [5.41, 5.74) is 0.291. The molecule has 152 valence electrons. The lowest BCUT2D eigenvalue weighted by Gasteiger charge is -2.62. The molecule has 27 heavy (non-hydrogen) atoms. The predicted molar refractivity (Wildman–Crippen MR) is 103 cm³/mol. The number of hydrogen-bond donors (Lipinski definition) is 1. The van der Waals surface area contributed by atoms with Gasteiger partial charge in [-0.05, 0) is 86.9 Å². The second-order valence-electron chi connectivity index (χ2n) is 10.6. The van der Waals surface area contributed by atoms with E-state index in [4.69, 9.17) is 4.74 Å². The molecule has 9 atom stereocenters. The van der Waals surface area contributed by atoms with Gasteiger partial charge in [-0.15, -0.1) is 0 Å². The molecular weight excluding hydrogens is 340 g/mol. The van der Waals surface area contributed by atoms with Crippen LogP contribution in [0.25, 0.3) is 0 Å². The van der Waals surface area contributed by atoms with Crippen LogP contribution in [0, 0.1) is 40.4 Å². The highest BCUT2D eigenvalue weighted by molar-refractivity contribution is 5.79. The third-order valence-corrected chi connectivity index (χ3v) is 9.44. The Bertz CT molecular complexity index is 630. The highest BCUT2D eigenvalue weighted by atomic mass is 16.5. The van der Waals surface area contributed by atoms with Crippen LogP contribution >= 0.6 is 0 Å². The van der Waals surface area contributed by atoms with E-state index in [0.29, 0.717) is 29.5 Å². The molecule has 4 aliphatic rings. The number of ketones is 1. The Hall–Kier alpha value is -0.900. The van der Waals surface area contributed by atoms with Crippen molar-refractivity contribution in [3.8, 4) is 0 Å². The minimum absolute atomic E-state index is 0.0498. The monoisotopic (exact) mass is 376 g/mol. The molecule has 0 saturated heterocycles. The van der Waals surface area contributed by atoms with Gasteiger partial charge < -0.3 is 9.84 Å². The van der Waals surface area contributed by atoms with Crippen LogP contribution in [-0.4, -0.2) is 29.1 Å². The zero-order valence-corrected chi connectivity index (χ0v) is 17.4. The van der Waals surface area contributed by atoms with Crippen molar-refractivity contribution in [3.05, 3.63) is 0 Å². The van der Waals surface area contributed by atoms with Crippen molar-refractivity contribution in [1.29, 1.82) is 0 Å². The Kier molecular flexibility index (Phi) is 4.73. The van der Waals surface area contributed by atoms with Gasteiger partial charge in [0.05, 0.1) is 6.10 Å². The standard InChI is InChI=1S/C23H36O4/c1-13(24)17-5-6-18-21-19(8-10-23(17,18)4)22(3)9-7-16(26)11-15(22)12-20(21)27-14(2)25/h15-21,26H,5-12H2,1-4H3/t15-,16-,17?,18?,19?,20-,21?,22+,23-/m1/s1. The van der Waals surface area contributed by atoms with E-state index in [9.17, 15) is 14.7 Å². The largest absolute Gasteiger partial charge is 0.462 e. The molecule has 0 aromatic heterocycles. The van der Waals surface area contributed by atoms with E-state index < -0.39 is 0 Å². The van der Waals surface area contributed by atoms with Gasteiger partial charge in [0, 0.05) is 18.8 Å². The van der Waals surface area contributed by atoms with Gasteiger partial charge in [-0.1, -0.05) is 13.8 Å². The third-order valence-electron chi connectivity index (χ3n) is 9.44. The van der Waals surface area contributed by atoms with E-state index in [1.54, 1.807) is 6.92 Å². The maximum atomic E-state index is 12.3. The predicted octanol–water partition coefficient (Wildman–Crippen LogP) is 4.14. The summed E-state index contributed by atoms with van der Waals surface area (Å²) >= 11 is 0. The molecule has 0 aliphatic heterocycles. The number of carbonyl (C=O) groups is 2. The summed E-state index contributed by atoms with van der Waals surface area (Å²) < 4.78 is 5.93. The Morgan fingerprint density at radius 3 is 2.26 bits per heavy atom. The van der Waals surface area contributed by atoms with Gasteiger partial charge in [0.2, 0.25) is 0 Å². The molecule has 4 unspecified atom stereocenters. The normalized spacial score (nSPS) is 51.7. The van der Waals surface area contributed by atoms with Gasteiger partial charge in [-0.2, -0.15) is 0 Å². The van der Waals surface area contributed by atoms with Crippen LogP contribution in [0.5, 0.6) is 0 Å². The molecule has 1 N–H and O–H groups in total. The summed E-state index contributed by atoms with van der Waals surface area (Å²) in [7, 11) is 0. The number of fused-ring (bicyclic) bond motifs is 5. The average molecular weight is 377 g/mol. The van der Waals surface area contributed by atoms with Crippen LogP contribution in [0.1, 0.15) is 79.1 Å². The summed E-state index contributed by atoms with van der Waals surface area (Å²) in [5.74, 6) is 2.13.